The Morgan fingerprint density at radius 3 is 2.42 bits per heavy atom. The van der Waals surface area contributed by atoms with Crippen LogP contribution in [-0.2, 0) is 4.79 Å². The van der Waals surface area contributed by atoms with Gasteiger partial charge in [0.15, 0.2) is 5.76 Å². The molecule has 2 aliphatic rings. The molecule has 1 atom stereocenters. The Bertz CT molecular complexity index is 1200. The number of furan rings is 1. The summed E-state index contributed by atoms with van der Waals surface area (Å²) in [6.07, 6.45) is 3.47. The summed E-state index contributed by atoms with van der Waals surface area (Å²) in [6.45, 7) is 0. The van der Waals surface area contributed by atoms with Gasteiger partial charge in [0.05, 0.1) is 12.0 Å². The number of fused-ring (bicyclic) bond motifs is 1. The minimum Gasteiger partial charge on any atom is -0.461 e. The van der Waals surface area contributed by atoms with E-state index in [1.54, 1.807) is 42.5 Å². The first-order valence-corrected chi connectivity index (χ1v) is 10.0. The Hall–Kier alpha value is -4.00. The van der Waals surface area contributed by atoms with Gasteiger partial charge in [0.25, 0.3) is 11.8 Å². The van der Waals surface area contributed by atoms with E-state index in [2.05, 4.69) is 5.32 Å². The number of rotatable bonds is 4. The molecule has 1 aliphatic heterocycles. The van der Waals surface area contributed by atoms with Crippen molar-refractivity contribution in [3.05, 3.63) is 89.4 Å². The summed E-state index contributed by atoms with van der Waals surface area (Å²) in [5.41, 5.74) is 2.08. The number of carbonyl (C=O) groups excluding carboxylic acids is 4. The average molecular weight is 414 g/mol. The molecular weight excluding hydrogens is 396 g/mol. The Kier molecular flexibility index (Phi) is 4.51. The fourth-order valence-electron chi connectivity index (χ4n) is 3.90. The van der Waals surface area contributed by atoms with Gasteiger partial charge in [0, 0.05) is 5.56 Å². The molecule has 1 aromatic heterocycles. The number of anilines is 1. The highest BCUT2D eigenvalue weighted by Gasteiger charge is 2.46. The molecular formula is C24H18N2O5. The topological polar surface area (TPSA) is 96.7 Å². The zero-order valence-electron chi connectivity index (χ0n) is 16.4. The lowest BCUT2D eigenvalue weighted by molar-refractivity contribution is -0.117. The zero-order valence-corrected chi connectivity index (χ0v) is 16.4. The van der Waals surface area contributed by atoms with E-state index in [4.69, 9.17) is 4.42 Å². The molecule has 154 valence electrons. The third kappa shape index (κ3) is 3.34. The molecule has 2 heterocycles. The monoisotopic (exact) mass is 414 g/mol. The SMILES string of the molecule is O=C(NC(=O)N1C(=O)C(C(=O)c2ccco2)c2cc(C3CC3)ccc21)c1ccccc1. The second-order valence-electron chi connectivity index (χ2n) is 7.67. The smallest absolute Gasteiger partial charge is 0.335 e. The molecule has 1 N–H and O–H groups in total. The molecule has 7 heteroatoms. The van der Waals surface area contributed by atoms with Gasteiger partial charge in [-0.15, -0.1) is 0 Å². The van der Waals surface area contributed by atoms with Crippen molar-refractivity contribution >= 4 is 29.3 Å². The van der Waals surface area contributed by atoms with Gasteiger partial charge < -0.3 is 4.42 Å². The first-order valence-electron chi connectivity index (χ1n) is 10.0. The fourth-order valence-corrected chi connectivity index (χ4v) is 3.90. The van der Waals surface area contributed by atoms with E-state index >= 15 is 0 Å². The zero-order chi connectivity index (χ0) is 21.5. The first kappa shape index (κ1) is 19.0. The molecule has 0 radical (unpaired) electrons. The van der Waals surface area contributed by atoms with Crippen molar-refractivity contribution in [1.82, 2.24) is 5.32 Å². The van der Waals surface area contributed by atoms with Crippen LogP contribution in [0.2, 0.25) is 0 Å². The molecule has 31 heavy (non-hydrogen) atoms. The summed E-state index contributed by atoms with van der Waals surface area (Å²) in [5, 5.41) is 2.25. The van der Waals surface area contributed by atoms with Crippen LogP contribution in [0, 0.1) is 0 Å². The summed E-state index contributed by atoms with van der Waals surface area (Å²) < 4.78 is 5.20. The van der Waals surface area contributed by atoms with Gasteiger partial charge in [-0.05, 0) is 60.2 Å². The highest BCUT2D eigenvalue weighted by Crippen LogP contribution is 2.45. The summed E-state index contributed by atoms with van der Waals surface area (Å²) in [7, 11) is 0. The van der Waals surface area contributed by atoms with E-state index in [1.807, 2.05) is 12.1 Å². The van der Waals surface area contributed by atoms with Crippen molar-refractivity contribution in [1.29, 1.82) is 0 Å². The minimum absolute atomic E-state index is 0.0451. The summed E-state index contributed by atoms with van der Waals surface area (Å²) in [4.78, 5) is 52.5. The number of hydrogen-bond acceptors (Lipinski definition) is 5. The number of urea groups is 1. The number of hydrogen-bond donors (Lipinski definition) is 1. The van der Waals surface area contributed by atoms with Crippen molar-refractivity contribution in [3.63, 3.8) is 0 Å². The number of imide groups is 2. The number of nitrogens with zero attached hydrogens (tertiary/aromatic N) is 1. The molecule has 4 amide bonds. The average Bonchev–Trinajstić information content (AvgIpc) is 3.39. The van der Waals surface area contributed by atoms with Gasteiger partial charge in [-0.3, -0.25) is 19.7 Å². The van der Waals surface area contributed by atoms with Crippen LogP contribution in [-0.4, -0.2) is 23.6 Å². The van der Waals surface area contributed by atoms with Gasteiger partial charge in [0.2, 0.25) is 5.78 Å². The van der Waals surface area contributed by atoms with Crippen molar-refractivity contribution in [2.75, 3.05) is 4.90 Å². The highest BCUT2D eigenvalue weighted by molar-refractivity contribution is 6.31. The summed E-state index contributed by atoms with van der Waals surface area (Å²) in [5.74, 6) is -2.60. The number of ketones is 1. The summed E-state index contributed by atoms with van der Waals surface area (Å²) in [6, 6.07) is 15.7. The lowest BCUT2D eigenvalue weighted by Crippen LogP contribution is -2.45. The van der Waals surface area contributed by atoms with E-state index in [-0.39, 0.29) is 11.3 Å². The van der Waals surface area contributed by atoms with Gasteiger partial charge in [-0.1, -0.05) is 30.3 Å². The number of amides is 4. The van der Waals surface area contributed by atoms with Crippen LogP contribution in [0.15, 0.2) is 71.3 Å². The Balaban J connectivity index is 1.50. The van der Waals surface area contributed by atoms with E-state index in [0.717, 1.165) is 23.3 Å². The van der Waals surface area contributed by atoms with Gasteiger partial charge in [-0.2, -0.15) is 0 Å². The van der Waals surface area contributed by atoms with E-state index in [9.17, 15) is 19.2 Å². The van der Waals surface area contributed by atoms with Crippen molar-refractivity contribution in [3.8, 4) is 0 Å². The van der Waals surface area contributed by atoms with Gasteiger partial charge in [0.1, 0.15) is 5.92 Å². The molecule has 2 aromatic carbocycles. The highest BCUT2D eigenvalue weighted by atomic mass is 16.3. The van der Waals surface area contributed by atoms with Crippen LogP contribution in [0.5, 0.6) is 0 Å². The van der Waals surface area contributed by atoms with Crippen molar-refractivity contribution in [2.24, 2.45) is 0 Å². The van der Waals surface area contributed by atoms with Crippen molar-refractivity contribution in [2.45, 2.75) is 24.7 Å². The number of Topliss-reactive ketones (excluding diaryl/α,β-unsaturated/α-hetero) is 1. The van der Waals surface area contributed by atoms with Crippen molar-refractivity contribution < 1.29 is 23.6 Å². The maximum atomic E-state index is 13.2. The standard InChI is InChI=1S/C24H18N2O5/c27-21(19-7-4-12-31-19)20-17-13-16(14-8-9-14)10-11-18(17)26(23(20)29)24(30)25-22(28)15-5-2-1-3-6-15/h1-7,10-14,20H,8-9H2,(H,25,28,30). The quantitative estimate of drug-likeness (QED) is 0.514. The Labute approximate surface area is 177 Å². The largest absolute Gasteiger partial charge is 0.461 e. The van der Waals surface area contributed by atoms with Crippen LogP contribution in [0.25, 0.3) is 0 Å². The second kappa shape index (κ2) is 7.36. The predicted molar refractivity (Wildman–Crippen MR) is 111 cm³/mol. The fraction of sp³-hybridized carbons (Fsp3) is 0.167. The van der Waals surface area contributed by atoms with E-state index in [0.29, 0.717) is 17.2 Å². The lowest BCUT2D eigenvalue weighted by atomic mass is 9.92. The molecule has 7 nitrogen and oxygen atoms in total. The lowest BCUT2D eigenvalue weighted by Gasteiger charge is -2.16. The number of nitrogens with one attached hydrogen (secondary N) is 1. The molecule has 5 rings (SSSR count). The molecule has 0 spiro atoms. The van der Waals surface area contributed by atoms with E-state index in [1.165, 1.54) is 12.3 Å². The van der Waals surface area contributed by atoms with Gasteiger partial charge in [-0.25, -0.2) is 9.69 Å². The minimum atomic E-state index is -1.20. The predicted octanol–water partition coefficient (Wildman–Crippen LogP) is 4.02. The normalized spacial score (nSPS) is 17.4. The molecule has 0 bridgehead atoms. The molecule has 1 aliphatic carbocycles. The first-order chi connectivity index (χ1) is 15.0. The third-order valence-electron chi connectivity index (χ3n) is 5.61. The van der Waals surface area contributed by atoms with Crippen LogP contribution < -0.4 is 10.2 Å². The maximum absolute atomic E-state index is 13.2. The third-order valence-corrected chi connectivity index (χ3v) is 5.61. The van der Waals surface area contributed by atoms with Crippen LogP contribution in [0.4, 0.5) is 10.5 Å². The molecule has 1 saturated carbocycles. The summed E-state index contributed by atoms with van der Waals surface area (Å²) >= 11 is 0. The molecule has 1 unspecified atom stereocenters. The van der Waals surface area contributed by atoms with Gasteiger partial charge >= 0.3 is 6.03 Å². The molecule has 3 aromatic rings. The molecule has 1 fully saturated rings. The van der Waals surface area contributed by atoms with E-state index < -0.39 is 29.5 Å². The molecule has 0 saturated heterocycles. The van der Waals surface area contributed by atoms with Crippen LogP contribution in [0.1, 0.15) is 56.7 Å². The maximum Gasteiger partial charge on any atom is 0.335 e. The van der Waals surface area contributed by atoms with Crippen LogP contribution >= 0.6 is 0 Å². The number of carbonyl (C=O) groups is 4. The second-order valence-corrected chi connectivity index (χ2v) is 7.67. The Morgan fingerprint density at radius 2 is 1.74 bits per heavy atom. The van der Waals surface area contributed by atoms with Crippen LogP contribution in [0.3, 0.4) is 0 Å². The Morgan fingerprint density at radius 1 is 0.968 bits per heavy atom. The number of benzene rings is 2.